The van der Waals surface area contributed by atoms with E-state index in [0.717, 1.165) is 29.1 Å². The van der Waals surface area contributed by atoms with Crippen LogP contribution in [0.25, 0.3) is 0 Å². The van der Waals surface area contributed by atoms with Crippen molar-refractivity contribution in [3.8, 4) is 0 Å². The van der Waals surface area contributed by atoms with Gasteiger partial charge in [0.2, 0.25) is 0 Å². The van der Waals surface area contributed by atoms with Crippen LogP contribution in [0, 0.1) is 0 Å². The van der Waals surface area contributed by atoms with Gasteiger partial charge in [0.1, 0.15) is 5.76 Å². The molecule has 2 aromatic rings. The van der Waals surface area contributed by atoms with Crippen LogP contribution in [0.3, 0.4) is 0 Å². The predicted octanol–water partition coefficient (Wildman–Crippen LogP) is 5.38. The third-order valence-corrected chi connectivity index (χ3v) is 3.34. The second-order valence-corrected chi connectivity index (χ2v) is 6.20. The van der Waals surface area contributed by atoms with Crippen LogP contribution in [0.15, 0.2) is 45.1 Å². The van der Waals surface area contributed by atoms with Gasteiger partial charge in [0.15, 0.2) is 0 Å². The van der Waals surface area contributed by atoms with E-state index >= 15 is 0 Å². The molecule has 0 spiro atoms. The Morgan fingerprint density at radius 1 is 1.19 bits per heavy atom. The molecule has 0 bridgehead atoms. The molecule has 0 N–H and O–H groups in total. The summed E-state index contributed by atoms with van der Waals surface area (Å²) < 4.78 is 5.57. The maximum atomic E-state index is 5.57. The topological polar surface area (TPSA) is 50.8 Å². The van der Waals surface area contributed by atoms with Crippen molar-refractivity contribution in [3.63, 3.8) is 0 Å². The fraction of sp³-hybridized carbons (Fsp3) is 0.471. The number of hydrogen-bond donors (Lipinski definition) is 0. The first kappa shape index (κ1) is 15.4. The molecule has 112 valence electrons. The van der Waals surface area contributed by atoms with Crippen LogP contribution < -0.4 is 0 Å². The molecule has 0 aliphatic heterocycles. The van der Waals surface area contributed by atoms with Gasteiger partial charge in [-0.25, -0.2) is 0 Å². The molecule has 1 unspecified atom stereocenters. The Kier molecular flexibility index (Phi) is 4.56. The largest absolute Gasteiger partial charge is 0.360 e. The van der Waals surface area contributed by atoms with Crippen LogP contribution in [0.4, 0.5) is 5.69 Å². The highest BCUT2D eigenvalue weighted by Gasteiger charge is 2.29. The molecule has 1 aromatic carbocycles. The summed E-state index contributed by atoms with van der Waals surface area (Å²) in [4.78, 5) is 0. The molecule has 0 saturated heterocycles. The molecule has 4 nitrogen and oxygen atoms in total. The van der Waals surface area contributed by atoms with Crippen LogP contribution >= 0.6 is 0 Å². The Balaban J connectivity index is 2.32. The standard InChI is InChI=1S/C17H23N3O/c1-6-14-15(16(21-20-14)17(3,4)5)12(2)18-19-13-10-8-7-9-11-13/h7-12H,6H2,1-5H3. The van der Waals surface area contributed by atoms with Gasteiger partial charge in [-0.2, -0.15) is 10.2 Å². The molecule has 0 saturated carbocycles. The SMILES string of the molecule is CCc1noc(C(C)(C)C)c1C(C)N=Nc1ccccc1. The minimum absolute atomic E-state index is 0.0689. The van der Waals surface area contributed by atoms with E-state index in [-0.39, 0.29) is 11.5 Å². The quantitative estimate of drug-likeness (QED) is 0.708. The summed E-state index contributed by atoms with van der Waals surface area (Å²) in [6.45, 7) is 10.5. The Morgan fingerprint density at radius 3 is 2.43 bits per heavy atom. The van der Waals surface area contributed by atoms with Gasteiger partial charge in [0.05, 0.1) is 17.4 Å². The van der Waals surface area contributed by atoms with Crippen LogP contribution in [-0.2, 0) is 11.8 Å². The van der Waals surface area contributed by atoms with Crippen molar-refractivity contribution in [2.24, 2.45) is 10.2 Å². The van der Waals surface area contributed by atoms with Gasteiger partial charge >= 0.3 is 0 Å². The molecule has 0 aliphatic carbocycles. The molecular formula is C17H23N3O. The van der Waals surface area contributed by atoms with Gasteiger partial charge in [0.25, 0.3) is 0 Å². The average Bonchev–Trinajstić information content (AvgIpc) is 2.90. The Morgan fingerprint density at radius 2 is 1.86 bits per heavy atom. The molecule has 0 amide bonds. The van der Waals surface area contributed by atoms with Gasteiger partial charge in [0, 0.05) is 11.0 Å². The molecular weight excluding hydrogens is 262 g/mol. The highest BCUT2D eigenvalue weighted by molar-refractivity contribution is 5.35. The van der Waals surface area contributed by atoms with E-state index in [1.165, 1.54) is 0 Å². The van der Waals surface area contributed by atoms with Crippen LogP contribution in [0.2, 0.25) is 0 Å². The Bertz CT molecular complexity index is 609. The molecule has 1 atom stereocenters. The minimum atomic E-state index is -0.0910. The number of benzene rings is 1. The third kappa shape index (κ3) is 3.57. The second kappa shape index (κ2) is 6.20. The lowest BCUT2D eigenvalue weighted by Gasteiger charge is -2.17. The zero-order valence-electron chi connectivity index (χ0n) is 13.4. The Hall–Kier alpha value is -1.97. The van der Waals surface area contributed by atoms with E-state index in [1.54, 1.807) is 0 Å². The number of hydrogen-bond acceptors (Lipinski definition) is 4. The van der Waals surface area contributed by atoms with E-state index < -0.39 is 0 Å². The van der Waals surface area contributed by atoms with Gasteiger partial charge in [-0.05, 0) is 25.5 Å². The van der Waals surface area contributed by atoms with E-state index in [2.05, 4.69) is 43.1 Å². The van der Waals surface area contributed by atoms with Crippen molar-refractivity contribution in [3.05, 3.63) is 47.3 Å². The number of azo groups is 1. The zero-order valence-corrected chi connectivity index (χ0v) is 13.4. The highest BCUT2D eigenvalue weighted by Crippen LogP contribution is 2.34. The number of aryl methyl sites for hydroxylation is 1. The third-order valence-electron chi connectivity index (χ3n) is 3.34. The lowest BCUT2D eigenvalue weighted by atomic mass is 9.87. The number of nitrogens with zero attached hydrogens (tertiary/aromatic N) is 3. The van der Waals surface area contributed by atoms with Crippen molar-refractivity contribution in [1.29, 1.82) is 0 Å². The monoisotopic (exact) mass is 285 g/mol. The smallest absolute Gasteiger partial charge is 0.147 e. The van der Waals surface area contributed by atoms with Crippen LogP contribution in [0.1, 0.15) is 57.7 Å². The maximum absolute atomic E-state index is 5.57. The van der Waals surface area contributed by atoms with Gasteiger partial charge in [-0.1, -0.05) is 51.1 Å². The first-order valence-corrected chi connectivity index (χ1v) is 7.38. The van der Waals surface area contributed by atoms with E-state index in [1.807, 2.05) is 37.3 Å². The van der Waals surface area contributed by atoms with Crippen LogP contribution in [-0.4, -0.2) is 5.16 Å². The van der Waals surface area contributed by atoms with Crippen molar-refractivity contribution in [1.82, 2.24) is 5.16 Å². The van der Waals surface area contributed by atoms with E-state index in [0.29, 0.717) is 0 Å². The summed E-state index contributed by atoms with van der Waals surface area (Å²) in [5.41, 5.74) is 2.81. The predicted molar refractivity (Wildman–Crippen MR) is 84.0 cm³/mol. The summed E-state index contributed by atoms with van der Waals surface area (Å²) in [7, 11) is 0. The van der Waals surface area contributed by atoms with Crippen molar-refractivity contribution in [2.75, 3.05) is 0 Å². The average molecular weight is 285 g/mol. The Labute approximate surface area is 126 Å². The first-order valence-electron chi connectivity index (χ1n) is 7.38. The molecule has 0 fully saturated rings. The summed E-state index contributed by atoms with van der Waals surface area (Å²) in [6, 6.07) is 9.69. The van der Waals surface area contributed by atoms with Crippen molar-refractivity contribution >= 4 is 5.69 Å². The fourth-order valence-corrected chi connectivity index (χ4v) is 2.26. The summed E-state index contributed by atoms with van der Waals surface area (Å²) in [6.07, 6.45) is 0.833. The highest BCUT2D eigenvalue weighted by atomic mass is 16.5. The molecule has 0 radical (unpaired) electrons. The molecule has 4 heteroatoms. The maximum Gasteiger partial charge on any atom is 0.147 e. The summed E-state index contributed by atoms with van der Waals surface area (Å²) >= 11 is 0. The molecule has 1 aromatic heterocycles. The summed E-state index contributed by atoms with van der Waals surface area (Å²) in [5.74, 6) is 0.902. The number of aromatic nitrogens is 1. The van der Waals surface area contributed by atoms with Crippen molar-refractivity contribution < 1.29 is 4.52 Å². The second-order valence-electron chi connectivity index (χ2n) is 6.20. The molecule has 21 heavy (non-hydrogen) atoms. The fourth-order valence-electron chi connectivity index (χ4n) is 2.26. The van der Waals surface area contributed by atoms with Gasteiger partial charge < -0.3 is 4.52 Å². The van der Waals surface area contributed by atoms with Gasteiger partial charge in [-0.3, -0.25) is 0 Å². The normalized spacial score (nSPS) is 13.8. The minimum Gasteiger partial charge on any atom is -0.360 e. The number of rotatable bonds is 4. The van der Waals surface area contributed by atoms with E-state index in [9.17, 15) is 0 Å². The summed E-state index contributed by atoms with van der Waals surface area (Å²) in [5, 5.41) is 13.0. The zero-order chi connectivity index (χ0) is 15.5. The van der Waals surface area contributed by atoms with Gasteiger partial charge in [-0.15, -0.1) is 0 Å². The lowest BCUT2D eigenvalue weighted by molar-refractivity contribution is 0.323. The lowest BCUT2D eigenvalue weighted by Crippen LogP contribution is -2.13. The molecule has 1 heterocycles. The molecule has 0 aliphatic rings. The first-order chi connectivity index (χ1) is 9.93. The van der Waals surface area contributed by atoms with Crippen LogP contribution in [0.5, 0.6) is 0 Å². The molecule has 2 rings (SSSR count). The van der Waals surface area contributed by atoms with E-state index in [4.69, 9.17) is 4.52 Å². The van der Waals surface area contributed by atoms with Crippen molar-refractivity contribution in [2.45, 2.75) is 52.5 Å².